The highest BCUT2D eigenvalue weighted by atomic mass is 16.5. The Balaban J connectivity index is 1.56. The van der Waals surface area contributed by atoms with E-state index in [0.717, 1.165) is 26.1 Å². The molecule has 0 radical (unpaired) electrons. The third-order valence-corrected chi connectivity index (χ3v) is 4.86. The van der Waals surface area contributed by atoms with E-state index in [-0.39, 0.29) is 18.2 Å². The number of amides is 2. The fourth-order valence-corrected chi connectivity index (χ4v) is 3.43. The number of carbonyl (C=O) groups is 1. The van der Waals surface area contributed by atoms with Crippen molar-refractivity contribution in [2.75, 3.05) is 33.4 Å². The van der Waals surface area contributed by atoms with Crippen LogP contribution in [0.3, 0.4) is 0 Å². The first-order valence-electron chi connectivity index (χ1n) is 8.00. The first-order chi connectivity index (χ1) is 10.7. The van der Waals surface area contributed by atoms with Crippen LogP contribution >= 0.6 is 0 Å². The maximum absolute atomic E-state index is 12.5. The SMILES string of the molecule is COC1COCCC1CNC(=O)N1CCn2cccc2C1C. The molecule has 1 aromatic heterocycles. The van der Waals surface area contributed by atoms with Gasteiger partial charge < -0.3 is 24.3 Å². The number of fused-ring (bicyclic) bond motifs is 1. The van der Waals surface area contributed by atoms with Gasteiger partial charge in [-0.15, -0.1) is 0 Å². The summed E-state index contributed by atoms with van der Waals surface area (Å²) < 4.78 is 13.1. The molecule has 2 aliphatic rings. The molecule has 2 aliphatic heterocycles. The summed E-state index contributed by atoms with van der Waals surface area (Å²) in [6.07, 6.45) is 3.08. The van der Waals surface area contributed by atoms with Gasteiger partial charge in [-0.05, 0) is 25.5 Å². The lowest BCUT2D eigenvalue weighted by atomic mass is 9.97. The van der Waals surface area contributed by atoms with Crippen LogP contribution in [0.1, 0.15) is 25.1 Å². The zero-order valence-electron chi connectivity index (χ0n) is 13.3. The van der Waals surface area contributed by atoms with Crippen molar-refractivity contribution in [1.29, 1.82) is 0 Å². The van der Waals surface area contributed by atoms with Crippen molar-refractivity contribution in [3.05, 3.63) is 24.0 Å². The summed E-state index contributed by atoms with van der Waals surface area (Å²) in [7, 11) is 1.70. The molecule has 1 aromatic rings. The Labute approximate surface area is 131 Å². The number of rotatable bonds is 3. The lowest BCUT2D eigenvalue weighted by Crippen LogP contribution is -2.49. The molecule has 0 aromatic carbocycles. The maximum Gasteiger partial charge on any atom is 0.318 e. The number of aromatic nitrogens is 1. The minimum Gasteiger partial charge on any atom is -0.379 e. The van der Waals surface area contributed by atoms with Crippen LogP contribution in [-0.4, -0.2) is 55.0 Å². The highest BCUT2D eigenvalue weighted by molar-refractivity contribution is 5.74. The highest BCUT2D eigenvalue weighted by Gasteiger charge is 2.30. The Kier molecular flexibility index (Phi) is 4.69. The van der Waals surface area contributed by atoms with Crippen molar-refractivity contribution in [2.45, 2.75) is 32.0 Å². The number of hydrogen-bond donors (Lipinski definition) is 1. The average Bonchev–Trinajstić information content (AvgIpc) is 3.02. The molecule has 3 atom stereocenters. The van der Waals surface area contributed by atoms with Crippen molar-refractivity contribution in [3.63, 3.8) is 0 Å². The summed E-state index contributed by atoms with van der Waals surface area (Å²) in [6.45, 7) is 5.69. The lowest BCUT2D eigenvalue weighted by Gasteiger charge is -2.36. The van der Waals surface area contributed by atoms with Crippen LogP contribution in [0.15, 0.2) is 18.3 Å². The van der Waals surface area contributed by atoms with Crippen LogP contribution in [-0.2, 0) is 16.0 Å². The minimum atomic E-state index is 0.0151. The Bertz CT molecular complexity index is 516. The molecule has 122 valence electrons. The van der Waals surface area contributed by atoms with Gasteiger partial charge in [-0.2, -0.15) is 0 Å². The average molecular weight is 307 g/mol. The van der Waals surface area contributed by atoms with Gasteiger partial charge in [0.2, 0.25) is 0 Å². The molecule has 6 nitrogen and oxygen atoms in total. The molecule has 0 bridgehead atoms. The van der Waals surface area contributed by atoms with Gasteiger partial charge in [0, 0.05) is 51.2 Å². The van der Waals surface area contributed by atoms with Gasteiger partial charge in [0.15, 0.2) is 0 Å². The summed E-state index contributed by atoms with van der Waals surface area (Å²) in [4.78, 5) is 14.4. The second kappa shape index (κ2) is 6.71. The van der Waals surface area contributed by atoms with Crippen molar-refractivity contribution in [3.8, 4) is 0 Å². The van der Waals surface area contributed by atoms with E-state index in [1.165, 1.54) is 5.69 Å². The van der Waals surface area contributed by atoms with Crippen molar-refractivity contribution >= 4 is 6.03 Å². The van der Waals surface area contributed by atoms with E-state index in [2.05, 4.69) is 29.1 Å². The molecule has 3 heterocycles. The standard InChI is InChI=1S/C16H25N3O3/c1-12-14-4-3-6-18(14)7-8-19(12)16(20)17-10-13-5-9-22-11-15(13)21-2/h3-4,6,12-13,15H,5,7-11H2,1-2H3,(H,17,20). The molecule has 0 saturated carbocycles. The number of nitrogens with zero attached hydrogens (tertiary/aromatic N) is 2. The van der Waals surface area contributed by atoms with E-state index in [1.807, 2.05) is 11.0 Å². The molecule has 22 heavy (non-hydrogen) atoms. The Morgan fingerprint density at radius 3 is 3.18 bits per heavy atom. The monoisotopic (exact) mass is 307 g/mol. The zero-order chi connectivity index (χ0) is 15.5. The molecular formula is C16H25N3O3. The molecule has 6 heteroatoms. The zero-order valence-corrected chi connectivity index (χ0v) is 13.3. The molecule has 0 spiro atoms. The largest absolute Gasteiger partial charge is 0.379 e. The van der Waals surface area contributed by atoms with Crippen LogP contribution in [0, 0.1) is 5.92 Å². The minimum absolute atomic E-state index is 0.0151. The number of urea groups is 1. The molecule has 1 fully saturated rings. The van der Waals surface area contributed by atoms with Gasteiger partial charge in [0.05, 0.1) is 18.8 Å². The Morgan fingerprint density at radius 1 is 1.50 bits per heavy atom. The summed E-state index contributed by atoms with van der Waals surface area (Å²) in [6, 6.07) is 4.25. The van der Waals surface area contributed by atoms with Crippen LogP contribution in [0.4, 0.5) is 4.79 Å². The van der Waals surface area contributed by atoms with Crippen molar-refractivity contribution < 1.29 is 14.3 Å². The quantitative estimate of drug-likeness (QED) is 0.923. The first-order valence-corrected chi connectivity index (χ1v) is 8.00. The third-order valence-electron chi connectivity index (χ3n) is 4.86. The van der Waals surface area contributed by atoms with Crippen LogP contribution < -0.4 is 5.32 Å². The van der Waals surface area contributed by atoms with Crippen LogP contribution in [0.5, 0.6) is 0 Å². The summed E-state index contributed by atoms with van der Waals surface area (Å²) in [5.41, 5.74) is 1.20. The second-order valence-corrected chi connectivity index (χ2v) is 6.08. The molecule has 3 unspecified atom stereocenters. The number of hydrogen-bond acceptors (Lipinski definition) is 3. The highest BCUT2D eigenvalue weighted by Crippen LogP contribution is 2.25. The number of ether oxygens (including phenoxy) is 2. The van der Waals surface area contributed by atoms with E-state index in [0.29, 0.717) is 19.1 Å². The van der Waals surface area contributed by atoms with Crippen LogP contribution in [0.25, 0.3) is 0 Å². The van der Waals surface area contributed by atoms with E-state index in [9.17, 15) is 4.79 Å². The van der Waals surface area contributed by atoms with Gasteiger partial charge in [0.25, 0.3) is 0 Å². The normalized spacial score (nSPS) is 28.3. The van der Waals surface area contributed by atoms with Gasteiger partial charge in [0.1, 0.15) is 0 Å². The smallest absolute Gasteiger partial charge is 0.318 e. The fraction of sp³-hybridized carbons (Fsp3) is 0.688. The van der Waals surface area contributed by atoms with Gasteiger partial charge in [-0.25, -0.2) is 4.79 Å². The molecular weight excluding hydrogens is 282 g/mol. The molecule has 3 rings (SSSR count). The Morgan fingerprint density at radius 2 is 2.36 bits per heavy atom. The molecule has 1 N–H and O–H groups in total. The number of methoxy groups -OCH3 is 1. The summed E-state index contributed by atoms with van der Waals surface area (Å²) in [5.74, 6) is 0.326. The second-order valence-electron chi connectivity index (χ2n) is 6.08. The van der Waals surface area contributed by atoms with E-state index >= 15 is 0 Å². The van der Waals surface area contributed by atoms with Gasteiger partial charge >= 0.3 is 6.03 Å². The van der Waals surface area contributed by atoms with Gasteiger partial charge in [-0.3, -0.25) is 0 Å². The Hall–Kier alpha value is -1.53. The van der Waals surface area contributed by atoms with E-state index in [1.54, 1.807) is 7.11 Å². The fourth-order valence-electron chi connectivity index (χ4n) is 3.43. The van der Waals surface area contributed by atoms with E-state index in [4.69, 9.17) is 9.47 Å². The number of carbonyl (C=O) groups excluding carboxylic acids is 1. The molecule has 0 aliphatic carbocycles. The van der Waals surface area contributed by atoms with Gasteiger partial charge in [-0.1, -0.05) is 0 Å². The number of nitrogens with one attached hydrogen (secondary N) is 1. The van der Waals surface area contributed by atoms with Crippen molar-refractivity contribution in [2.24, 2.45) is 5.92 Å². The lowest BCUT2D eigenvalue weighted by molar-refractivity contribution is -0.0641. The topological polar surface area (TPSA) is 55.7 Å². The molecule has 1 saturated heterocycles. The predicted molar refractivity (Wildman–Crippen MR) is 82.7 cm³/mol. The summed E-state index contributed by atoms with van der Waals surface area (Å²) in [5, 5.41) is 3.08. The predicted octanol–water partition coefficient (Wildman–Crippen LogP) is 1.63. The third kappa shape index (κ3) is 2.98. The maximum atomic E-state index is 12.5. The van der Waals surface area contributed by atoms with Crippen molar-refractivity contribution in [1.82, 2.24) is 14.8 Å². The molecule has 2 amide bonds. The van der Waals surface area contributed by atoms with E-state index < -0.39 is 0 Å². The summed E-state index contributed by atoms with van der Waals surface area (Å²) >= 11 is 0. The first kappa shape index (κ1) is 15.4. The van der Waals surface area contributed by atoms with Crippen LogP contribution in [0.2, 0.25) is 0 Å².